The third-order valence-electron chi connectivity index (χ3n) is 2.89. The molecule has 0 unspecified atom stereocenters. The van der Waals surface area contributed by atoms with Gasteiger partial charge in [-0.05, 0) is 34.5 Å². The molecule has 1 aromatic heterocycles. The minimum Gasteiger partial charge on any atom is -0.383 e. The van der Waals surface area contributed by atoms with Crippen molar-refractivity contribution in [2.75, 3.05) is 20.3 Å². The first kappa shape index (κ1) is 13.6. The zero-order valence-corrected chi connectivity index (χ0v) is 11.3. The average molecular weight is 261 g/mol. The summed E-state index contributed by atoms with van der Waals surface area (Å²) in [6.45, 7) is 4.20. The van der Waals surface area contributed by atoms with Crippen LogP contribution in [0.4, 0.5) is 0 Å². The van der Waals surface area contributed by atoms with Gasteiger partial charge in [0.1, 0.15) is 0 Å². The van der Waals surface area contributed by atoms with E-state index in [9.17, 15) is 0 Å². The van der Waals surface area contributed by atoms with Crippen LogP contribution in [0.1, 0.15) is 18.3 Å². The number of rotatable bonds is 7. The molecule has 1 aromatic carbocycles. The molecule has 0 amide bonds. The molecule has 102 valence electrons. The molecule has 0 radical (unpaired) electrons. The van der Waals surface area contributed by atoms with Gasteiger partial charge in [-0.1, -0.05) is 19.1 Å². The molecule has 0 fully saturated rings. The second-order valence-electron chi connectivity index (χ2n) is 4.20. The molecule has 6 heteroatoms. The summed E-state index contributed by atoms with van der Waals surface area (Å²) in [6, 6.07) is 8.26. The lowest BCUT2D eigenvalue weighted by atomic mass is 10.1. The molecular formula is C13H19N5O. The highest BCUT2D eigenvalue weighted by Crippen LogP contribution is 2.10. The maximum absolute atomic E-state index is 4.98. The molecule has 0 aliphatic rings. The van der Waals surface area contributed by atoms with Crippen molar-refractivity contribution in [3.63, 3.8) is 0 Å². The Hall–Kier alpha value is -1.79. The molecule has 0 saturated carbocycles. The highest BCUT2D eigenvalue weighted by atomic mass is 16.5. The predicted molar refractivity (Wildman–Crippen MR) is 72.1 cm³/mol. The van der Waals surface area contributed by atoms with Crippen molar-refractivity contribution in [1.82, 2.24) is 25.5 Å². The number of nitrogens with zero attached hydrogens (tertiary/aromatic N) is 4. The van der Waals surface area contributed by atoms with Gasteiger partial charge in [0.2, 0.25) is 0 Å². The summed E-state index contributed by atoms with van der Waals surface area (Å²) in [5.74, 6) is 0.792. The van der Waals surface area contributed by atoms with Crippen LogP contribution in [0.5, 0.6) is 0 Å². The normalized spacial score (nSPS) is 10.8. The third-order valence-corrected chi connectivity index (χ3v) is 2.89. The minimum absolute atomic E-state index is 0.617. The van der Waals surface area contributed by atoms with Crippen LogP contribution < -0.4 is 5.32 Å². The zero-order chi connectivity index (χ0) is 13.5. The molecule has 19 heavy (non-hydrogen) atoms. The van der Waals surface area contributed by atoms with Crippen LogP contribution in [0.15, 0.2) is 24.3 Å². The van der Waals surface area contributed by atoms with Gasteiger partial charge in [0, 0.05) is 13.7 Å². The van der Waals surface area contributed by atoms with Crippen LogP contribution in [-0.2, 0) is 17.7 Å². The van der Waals surface area contributed by atoms with Crippen LogP contribution in [0.3, 0.4) is 0 Å². The molecular weight excluding hydrogens is 242 g/mol. The van der Waals surface area contributed by atoms with Gasteiger partial charge in [-0.15, -0.1) is 5.10 Å². The Bertz CT molecular complexity index is 494. The minimum atomic E-state index is 0.617. The van der Waals surface area contributed by atoms with Crippen LogP contribution in [0.25, 0.3) is 5.69 Å². The van der Waals surface area contributed by atoms with Gasteiger partial charge in [0.05, 0.1) is 18.8 Å². The SMILES string of the molecule is CCc1ccc(-n2nnnc2CNCCOC)cc1. The fourth-order valence-electron chi connectivity index (χ4n) is 1.76. The van der Waals surface area contributed by atoms with E-state index >= 15 is 0 Å². The highest BCUT2D eigenvalue weighted by molar-refractivity contribution is 5.34. The second kappa shape index (κ2) is 6.96. The molecule has 0 atom stereocenters. The second-order valence-corrected chi connectivity index (χ2v) is 4.20. The summed E-state index contributed by atoms with van der Waals surface area (Å²) in [4.78, 5) is 0. The third kappa shape index (κ3) is 3.59. The Labute approximate surface area is 112 Å². The Morgan fingerprint density at radius 1 is 1.26 bits per heavy atom. The van der Waals surface area contributed by atoms with Crippen molar-refractivity contribution in [3.05, 3.63) is 35.7 Å². The Morgan fingerprint density at radius 3 is 2.74 bits per heavy atom. The molecule has 0 aliphatic heterocycles. The lowest BCUT2D eigenvalue weighted by Crippen LogP contribution is -2.21. The van der Waals surface area contributed by atoms with Gasteiger partial charge < -0.3 is 10.1 Å². The Morgan fingerprint density at radius 2 is 2.05 bits per heavy atom. The van der Waals surface area contributed by atoms with Crippen molar-refractivity contribution in [3.8, 4) is 5.69 Å². The fourth-order valence-corrected chi connectivity index (χ4v) is 1.76. The summed E-state index contributed by atoms with van der Waals surface area (Å²) in [5.41, 5.74) is 2.28. The van der Waals surface area contributed by atoms with Crippen LogP contribution in [0, 0.1) is 0 Å². The van der Waals surface area contributed by atoms with Gasteiger partial charge in [0.15, 0.2) is 5.82 Å². The van der Waals surface area contributed by atoms with Gasteiger partial charge in [-0.2, -0.15) is 4.68 Å². The number of ether oxygens (including phenoxy) is 1. The Balaban J connectivity index is 2.05. The van der Waals surface area contributed by atoms with Crippen molar-refractivity contribution in [1.29, 1.82) is 0 Å². The zero-order valence-electron chi connectivity index (χ0n) is 11.3. The van der Waals surface area contributed by atoms with E-state index in [2.05, 4.69) is 39.9 Å². The summed E-state index contributed by atoms with van der Waals surface area (Å²) in [6.07, 6.45) is 1.03. The lowest BCUT2D eigenvalue weighted by molar-refractivity contribution is 0.199. The summed E-state index contributed by atoms with van der Waals surface area (Å²) in [7, 11) is 1.68. The molecule has 1 N–H and O–H groups in total. The molecule has 0 bridgehead atoms. The molecule has 0 spiro atoms. The van der Waals surface area contributed by atoms with E-state index in [0.717, 1.165) is 24.5 Å². The topological polar surface area (TPSA) is 64.9 Å². The number of methoxy groups -OCH3 is 1. The van der Waals surface area contributed by atoms with E-state index < -0.39 is 0 Å². The van der Waals surface area contributed by atoms with Crippen molar-refractivity contribution < 1.29 is 4.74 Å². The first-order chi connectivity index (χ1) is 9.35. The van der Waals surface area contributed by atoms with Gasteiger partial charge >= 0.3 is 0 Å². The van der Waals surface area contributed by atoms with Gasteiger partial charge in [-0.3, -0.25) is 0 Å². The molecule has 0 saturated heterocycles. The van der Waals surface area contributed by atoms with Gasteiger partial charge in [-0.25, -0.2) is 0 Å². The number of hydrogen-bond acceptors (Lipinski definition) is 5. The molecule has 2 aromatic rings. The number of aryl methyl sites for hydroxylation is 1. The largest absolute Gasteiger partial charge is 0.383 e. The standard InChI is InChI=1S/C13H19N5O/c1-3-11-4-6-12(7-5-11)18-13(15-16-17-18)10-14-8-9-19-2/h4-7,14H,3,8-10H2,1-2H3. The molecule has 1 heterocycles. The van der Waals surface area contributed by atoms with Crippen molar-refractivity contribution in [2.24, 2.45) is 0 Å². The molecule has 2 rings (SSSR count). The number of aromatic nitrogens is 4. The first-order valence-electron chi connectivity index (χ1n) is 6.41. The quantitative estimate of drug-likeness (QED) is 0.752. The number of tetrazole rings is 1. The van der Waals surface area contributed by atoms with E-state index in [1.54, 1.807) is 11.8 Å². The van der Waals surface area contributed by atoms with E-state index in [1.807, 2.05) is 12.1 Å². The van der Waals surface area contributed by atoms with Crippen LogP contribution in [0.2, 0.25) is 0 Å². The van der Waals surface area contributed by atoms with E-state index in [1.165, 1.54) is 5.56 Å². The van der Waals surface area contributed by atoms with Crippen LogP contribution >= 0.6 is 0 Å². The number of nitrogens with one attached hydrogen (secondary N) is 1. The highest BCUT2D eigenvalue weighted by Gasteiger charge is 2.07. The average Bonchev–Trinajstić information content (AvgIpc) is 2.92. The van der Waals surface area contributed by atoms with Crippen LogP contribution in [-0.4, -0.2) is 40.5 Å². The molecule has 0 aliphatic carbocycles. The smallest absolute Gasteiger partial charge is 0.170 e. The fraction of sp³-hybridized carbons (Fsp3) is 0.462. The maximum atomic E-state index is 4.98. The molecule has 6 nitrogen and oxygen atoms in total. The maximum Gasteiger partial charge on any atom is 0.170 e. The van der Waals surface area contributed by atoms with Gasteiger partial charge in [0.25, 0.3) is 0 Å². The van der Waals surface area contributed by atoms with E-state index in [0.29, 0.717) is 13.2 Å². The Kier molecular flexibility index (Phi) is 5.00. The van der Waals surface area contributed by atoms with E-state index in [-0.39, 0.29) is 0 Å². The number of benzene rings is 1. The summed E-state index contributed by atoms with van der Waals surface area (Å²) >= 11 is 0. The predicted octanol–water partition coefficient (Wildman–Crippen LogP) is 0.961. The van der Waals surface area contributed by atoms with E-state index in [4.69, 9.17) is 4.74 Å². The van der Waals surface area contributed by atoms with Crippen molar-refractivity contribution in [2.45, 2.75) is 19.9 Å². The monoisotopic (exact) mass is 261 g/mol. The summed E-state index contributed by atoms with van der Waals surface area (Å²) in [5, 5.41) is 15.0. The summed E-state index contributed by atoms with van der Waals surface area (Å²) < 4.78 is 6.73. The number of hydrogen-bond donors (Lipinski definition) is 1. The van der Waals surface area contributed by atoms with Crippen molar-refractivity contribution >= 4 is 0 Å². The first-order valence-corrected chi connectivity index (χ1v) is 6.41. The lowest BCUT2D eigenvalue weighted by Gasteiger charge is -2.06.